The number of nitrogens with zero attached hydrogens (tertiary/aromatic N) is 2. The minimum absolute atomic E-state index is 0.341. The summed E-state index contributed by atoms with van der Waals surface area (Å²) in [5.41, 5.74) is 2.18. The number of hydrogen-bond donors (Lipinski definition) is 0. The van der Waals surface area contributed by atoms with Crippen molar-refractivity contribution in [3.05, 3.63) is 39.8 Å². The maximum Gasteiger partial charge on any atom is 0.186 e. The Balaban J connectivity index is 1.80. The lowest BCUT2D eigenvalue weighted by atomic mass is 10.2. The van der Waals surface area contributed by atoms with E-state index in [1.54, 1.807) is 6.20 Å². The van der Waals surface area contributed by atoms with Gasteiger partial charge in [-0.15, -0.1) is 0 Å². The van der Waals surface area contributed by atoms with Crippen molar-refractivity contribution in [2.75, 3.05) is 6.61 Å². The molecule has 1 fully saturated rings. The van der Waals surface area contributed by atoms with Gasteiger partial charge in [0, 0.05) is 24.9 Å². The maximum atomic E-state index is 6.00. The number of thiocarbonyl (C=S) groups is 1. The molecule has 1 aliphatic heterocycles. The predicted molar refractivity (Wildman–Crippen MR) is 79.5 cm³/mol. The average molecular weight is 315 g/mol. The summed E-state index contributed by atoms with van der Waals surface area (Å²) in [6.07, 6.45) is 6.11. The molecular weight excluding hydrogens is 303 g/mol. The number of aromatic nitrogens is 1. The molecule has 2 heterocycles. The Morgan fingerprint density at radius 1 is 1.42 bits per heavy atom. The predicted octanol–water partition coefficient (Wildman–Crippen LogP) is 3.59. The molecule has 0 bridgehead atoms. The van der Waals surface area contributed by atoms with Crippen molar-refractivity contribution in [3.63, 3.8) is 0 Å². The number of halogens is 2. The van der Waals surface area contributed by atoms with Crippen LogP contribution < -0.4 is 0 Å². The van der Waals surface area contributed by atoms with E-state index in [1.807, 2.05) is 12.1 Å². The van der Waals surface area contributed by atoms with E-state index in [4.69, 9.17) is 40.2 Å². The van der Waals surface area contributed by atoms with E-state index < -0.39 is 0 Å². The summed E-state index contributed by atoms with van der Waals surface area (Å²) < 4.78 is 5.34. The van der Waals surface area contributed by atoms with Crippen LogP contribution in [0.1, 0.15) is 18.4 Å². The molecule has 1 aromatic heterocycles. The second kappa shape index (κ2) is 5.27. The van der Waals surface area contributed by atoms with Crippen LogP contribution in [0.15, 0.2) is 24.0 Å². The van der Waals surface area contributed by atoms with Crippen LogP contribution in [0.5, 0.6) is 0 Å². The Bertz CT molecular complexity index is 558. The van der Waals surface area contributed by atoms with Crippen LogP contribution in [0.2, 0.25) is 10.2 Å². The van der Waals surface area contributed by atoms with Crippen molar-refractivity contribution >= 4 is 40.5 Å². The molecule has 0 aromatic carbocycles. The molecule has 1 aliphatic carbocycles. The van der Waals surface area contributed by atoms with Gasteiger partial charge in [-0.05, 0) is 36.7 Å². The van der Waals surface area contributed by atoms with Gasteiger partial charge in [-0.1, -0.05) is 23.2 Å². The second-order valence-corrected chi connectivity index (χ2v) is 5.89. The van der Waals surface area contributed by atoms with Crippen LogP contribution in [-0.4, -0.2) is 27.6 Å². The zero-order valence-electron chi connectivity index (χ0n) is 10.1. The Hall–Kier alpha value is -0.840. The monoisotopic (exact) mass is 314 g/mol. The number of rotatable bonds is 4. The molecule has 1 saturated carbocycles. The van der Waals surface area contributed by atoms with Crippen molar-refractivity contribution in [1.82, 2.24) is 9.88 Å². The molecule has 19 heavy (non-hydrogen) atoms. The van der Waals surface area contributed by atoms with Gasteiger partial charge >= 0.3 is 0 Å². The van der Waals surface area contributed by atoms with Gasteiger partial charge in [-0.25, -0.2) is 4.98 Å². The standard InChI is InChI=1S/C13H12Cl2N2OS/c14-11-3-8(5-16-13(11)15)6-17(9-1-2-9)10-4-12(19)18-7-10/h3-5,9H,1-2,6-7H2. The molecule has 0 saturated heterocycles. The first-order chi connectivity index (χ1) is 9.13. The van der Waals surface area contributed by atoms with Gasteiger partial charge in [0.15, 0.2) is 5.05 Å². The van der Waals surface area contributed by atoms with E-state index in [2.05, 4.69) is 9.88 Å². The quantitative estimate of drug-likeness (QED) is 0.626. The molecule has 0 amide bonds. The molecule has 0 spiro atoms. The summed E-state index contributed by atoms with van der Waals surface area (Å²) in [7, 11) is 0. The van der Waals surface area contributed by atoms with Crippen molar-refractivity contribution in [2.24, 2.45) is 0 Å². The summed E-state index contributed by atoms with van der Waals surface area (Å²) in [5, 5.41) is 1.39. The Kier molecular flexibility index (Phi) is 3.65. The fourth-order valence-electron chi connectivity index (χ4n) is 2.13. The van der Waals surface area contributed by atoms with E-state index in [9.17, 15) is 0 Å². The zero-order valence-corrected chi connectivity index (χ0v) is 12.4. The van der Waals surface area contributed by atoms with E-state index in [1.165, 1.54) is 12.8 Å². The summed E-state index contributed by atoms with van der Waals surface area (Å²) in [5.74, 6) is 0. The minimum atomic E-state index is 0.341. The summed E-state index contributed by atoms with van der Waals surface area (Å²) in [4.78, 5) is 6.40. The molecule has 100 valence electrons. The largest absolute Gasteiger partial charge is 0.477 e. The number of pyridine rings is 1. The first-order valence-corrected chi connectivity index (χ1v) is 7.24. The van der Waals surface area contributed by atoms with Gasteiger partial charge in [-0.3, -0.25) is 0 Å². The highest BCUT2D eigenvalue weighted by Crippen LogP contribution is 2.33. The summed E-state index contributed by atoms with van der Waals surface area (Å²) in [6.45, 7) is 1.32. The highest BCUT2D eigenvalue weighted by molar-refractivity contribution is 7.80. The Morgan fingerprint density at radius 3 is 2.79 bits per heavy atom. The molecular formula is C13H12Cl2N2OS. The highest BCUT2D eigenvalue weighted by Gasteiger charge is 2.32. The molecule has 0 N–H and O–H groups in total. The molecule has 3 rings (SSSR count). The first kappa shape index (κ1) is 13.2. The lowest BCUT2D eigenvalue weighted by Crippen LogP contribution is -2.25. The van der Waals surface area contributed by atoms with Gasteiger partial charge in [0.05, 0.1) is 10.7 Å². The highest BCUT2D eigenvalue weighted by atomic mass is 35.5. The topological polar surface area (TPSA) is 25.4 Å². The van der Waals surface area contributed by atoms with Crippen molar-refractivity contribution in [3.8, 4) is 0 Å². The van der Waals surface area contributed by atoms with E-state index >= 15 is 0 Å². The van der Waals surface area contributed by atoms with Gasteiger partial charge in [0.25, 0.3) is 0 Å². The van der Waals surface area contributed by atoms with Crippen LogP contribution in [0, 0.1) is 0 Å². The van der Waals surface area contributed by atoms with E-state index in [0.29, 0.717) is 27.9 Å². The molecule has 0 unspecified atom stereocenters. The maximum absolute atomic E-state index is 6.00. The van der Waals surface area contributed by atoms with Gasteiger partial charge in [-0.2, -0.15) is 0 Å². The molecule has 3 nitrogen and oxygen atoms in total. The van der Waals surface area contributed by atoms with Gasteiger partial charge < -0.3 is 9.64 Å². The normalized spacial score (nSPS) is 18.2. The third-order valence-electron chi connectivity index (χ3n) is 3.21. The number of ether oxygens (including phenoxy) is 1. The molecule has 6 heteroatoms. The molecule has 1 aromatic rings. The van der Waals surface area contributed by atoms with Crippen molar-refractivity contribution in [1.29, 1.82) is 0 Å². The third-order valence-corrected chi connectivity index (χ3v) is 4.13. The van der Waals surface area contributed by atoms with Crippen molar-refractivity contribution in [2.45, 2.75) is 25.4 Å². The first-order valence-electron chi connectivity index (χ1n) is 6.07. The van der Waals surface area contributed by atoms with Crippen LogP contribution >= 0.6 is 35.4 Å². The van der Waals surface area contributed by atoms with Crippen LogP contribution in [0.25, 0.3) is 0 Å². The lowest BCUT2D eigenvalue weighted by molar-refractivity contribution is 0.266. The third kappa shape index (κ3) is 3.02. The lowest BCUT2D eigenvalue weighted by Gasteiger charge is -2.25. The second-order valence-electron chi connectivity index (χ2n) is 4.72. The molecule has 2 aliphatic rings. The van der Waals surface area contributed by atoms with E-state index in [-0.39, 0.29) is 0 Å². The van der Waals surface area contributed by atoms with Crippen LogP contribution in [-0.2, 0) is 11.3 Å². The van der Waals surface area contributed by atoms with Crippen LogP contribution in [0.3, 0.4) is 0 Å². The van der Waals surface area contributed by atoms with Gasteiger partial charge in [0.2, 0.25) is 0 Å². The molecule has 0 radical (unpaired) electrons. The average Bonchev–Trinajstić information content (AvgIpc) is 3.13. The summed E-state index contributed by atoms with van der Waals surface area (Å²) in [6, 6.07) is 2.44. The Morgan fingerprint density at radius 2 is 2.21 bits per heavy atom. The minimum Gasteiger partial charge on any atom is -0.477 e. The number of hydrogen-bond acceptors (Lipinski definition) is 4. The fourth-order valence-corrected chi connectivity index (χ4v) is 2.61. The molecule has 0 atom stereocenters. The van der Waals surface area contributed by atoms with E-state index in [0.717, 1.165) is 17.8 Å². The van der Waals surface area contributed by atoms with Gasteiger partial charge in [0.1, 0.15) is 11.8 Å². The Labute approximate surface area is 127 Å². The fraction of sp³-hybridized carbons (Fsp3) is 0.385. The van der Waals surface area contributed by atoms with Crippen molar-refractivity contribution < 1.29 is 4.74 Å². The SMILES string of the molecule is S=C1C=C(N(Cc2cnc(Cl)c(Cl)c2)C2CC2)CO1. The zero-order chi connectivity index (χ0) is 13.4. The van der Waals surface area contributed by atoms with Crippen LogP contribution in [0.4, 0.5) is 0 Å². The summed E-state index contributed by atoms with van der Waals surface area (Å²) >= 11 is 16.9. The smallest absolute Gasteiger partial charge is 0.186 e.